The summed E-state index contributed by atoms with van der Waals surface area (Å²) in [4.78, 5) is 35.4. The number of nitrogens with zero attached hydrogens (tertiary/aromatic N) is 3. The van der Waals surface area contributed by atoms with Gasteiger partial charge in [0.1, 0.15) is 23.0 Å². The van der Waals surface area contributed by atoms with E-state index in [1.54, 1.807) is 56.3 Å². The first-order valence-electron chi connectivity index (χ1n) is 13.0. The first-order chi connectivity index (χ1) is 20.5. The number of hydrogen-bond acceptors (Lipinski definition) is 6. The first kappa shape index (κ1) is 28.9. The van der Waals surface area contributed by atoms with Crippen molar-refractivity contribution in [1.29, 1.82) is 0 Å². The molecule has 0 aliphatic heterocycles. The second kappa shape index (κ2) is 11.4. The predicted molar refractivity (Wildman–Crippen MR) is 154 cm³/mol. The molecule has 0 saturated carbocycles. The van der Waals surface area contributed by atoms with Gasteiger partial charge >= 0.3 is 12.1 Å². The number of nitrogen functional groups attached to an aromatic ring is 1. The number of aryl methyl sites for hydroxylation is 1. The van der Waals surface area contributed by atoms with Crippen LogP contribution < -0.4 is 16.0 Å². The zero-order valence-corrected chi connectivity index (χ0v) is 23.0. The molecule has 0 saturated heterocycles. The molecule has 0 bridgehead atoms. The van der Waals surface area contributed by atoms with Gasteiger partial charge in [-0.05, 0) is 85.6 Å². The Kier molecular flexibility index (Phi) is 7.65. The number of ether oxygens (including phenoxy) is 2. The number of H-pyrrole nitrogens is 1. The Bertz CT molecular complexity index is 1950. The smallest absolute Gasteiger partial charge is 0.407 e. The van der Waals surface area contributed by atoms with E-state index >= 15 is 0 Å². The zero-order chi connectivity index (χ0) is 30.9. The lowest BCUT2D eigenvalue weighted by molar-refractivity contribution is -0.136. The molecule has 3 aromatic heterocycles. The molecular weight excluding hydrogens is 563 g/mol. The maximum Gasteiger partial charge on any atom is 0.407 e. The van der Waals surface area contributed by atoms with E-state index in [2.05, 4.69) is 14.8 Å². The molecule has 0 aliphatic rings. The van der Waals surface area contributed by atoms with Gasteiger partial charge in [0.2, 0.25) is 0 Å². The van der Waals surface area contributed by atoms with Crippen molar-refractivity contribution >= 4 is 28.4 Å². The average molecular weight is 588 g/mol. The van der Waals surface area contributed by atoms with E-state index in [0.717, 1.165) is 10.6 Å². The van der Waals surface area contributed by atoms with Crippen LogP contribution in [0.25, 0.3) is 27.0 Å². The molecule has 0 unspecified atom stereocenters. The maximum absolute atomic E-state index is 13.9. The number of pyridine rings is 2. The number of rotatable bonds is 7. The van der Waals surface area contributed by atoms with Crippen molar-refractivity contribution in [1.82, 2.24) is 14.5 Å². The number of carbonyl (C=O) groups excluding carboxylic acids is 1. The Morgan fingerprint density at radius 2 is 1.79 bits per heavy atom. The molecule has 12 heteroatoms. The fourth-order valence-corrected chi connectivity index (χ4v) is 4.63. The molecule has 0 aliphatic carbocycles. The summed E-state index contributed by atoms with van der Waals surface area (Å²) in [5, 5.41) is 0.716. The number of alkyl halides is 3. The standard InChI is InChI=1S/C31H24F3N5O4/c1-4-42-30(41)25-14-20-13-22(10-11-24(20)38-25)43-21-8-5-18(6-9-21)26-15-23(31(32,33)34)28(36-3)29(40)39(26)16-19-7-12-27(35)37-17(19)2/h5-15,38H,4,16H2,1-2H3,(H2,35,37). The number of fused-ring (bicyclic) bond motifs is 1. The third-order valence-corrected chi connectivity index (χ3v) is 6.71. The van der Waals surface area contributed by atoms with Gasteiger partial charge < -0.3 is 24.8 Å². The molecule has 3 heterocycles. The quantitative estimate of drug-likeness (QED) is 0.159. The van der Waals surface area contributed by atoms with Gasteiger partial charge in [-0.1, -0.05) is 6.07 Å². The Balaban J connectivity index is 1.51. The van der Waals surface area contributed by atoms with Crippen molar-refractivity contribution in [2.75, 3.05) is 12.3 Å². The van der Waals surface area contributed by atoms with Gasteiger partial charge in [0.15, 0.2) is 0 Å². The van der Waals surface area contributed by atoms with Crippen LogP contribution in [-0.4, -0.2) is 27.1 Å². The van der Waals surface area contributed by atoms with E-state index in [4.69, 9.17) is 21.8 Å². The lowest BCUT2D eigenvalue weighted by Gasteiger charge is -2.19. The van der Waals surface area contributed by atoms with Crippen molar-refractivity contribution in [3.63, 3.8) is 0 Å². The van der Waals surface area contributed by atoms with Gasteiger partial charge in [-0.25, -0.2) is 14.6 Å². The third kappa shape index (κ3) is 5.92. The molecule has 3 N–H and O–H groups in total. The number of aromatic nitrogens is 3. The fraction of sp³-hybridized carbons (Fsp3) is 0.161. The number of esters is 1. The number of halogens is 3. The minimum Gasteiger partial charge on any atom is -0.461 e. The largest absolute Gasteiger partial charge is 0.461 e. The molecular formula is C31H24F3N5O4. The molecule has 218 valence electrons. The molecule has 0 spiro atoms. The second-order valence-corrected chi connectivity index (χ2v) is 9.55. The van der Waals surface area contributed by atoms with Gasteiger partial charge in [0, 0.05) is 22.3 Å². The highest BCUT2D eigenvalue weighted by atomic mass is 19.4. The van der Waals surface area contributed by atoms with Crippen LogP contribution in [0.4, 0.5) is 24.7 Å². The number of nitrogens with two attached hydrogens (primary N) is 1. The molecule has 0 atom stereocenters. The van der Waals surface area contributed by atoms with Crippen LogP contribution in [0, 0.1) is 13.5 Å². The monoisotopic (exact) mass is 587 g/mol. The second-order valence-electron chi connectivity index (χ2n) is 9.55. The molecule has 0 amide bonds. The predicted octanol–water partition coefficient (Wildman–Crippen LogP) is 6.87. The fourth-order valence-electron chi connectivity index (χ4n) is 4.63. The summed E-state index contributed by atoms with van der Waals surface area (Å²) < 4.78 is 53.8. The number of hydrogen-bond donors (Lipinski definition) is 2. The van der Waals surface area contributed by atoms with E-state index in [1.165, 1.54) is 18.2 Å². The van der Waals surface area contributed by atoms with Crippen LogP contribution in [0.15, 0.2) is 71.5 Å². The molecule has 43 heavy (non-hydrogen) atoms. The van der Waals surface area contributed by atoms with Crippen LogP contribution in [-0.2, 0) is 17.5 Å². The van der Waals surface area contributed by atoms with Crippen molar-refractivity contribution in [2.24, 2.45) is 0 Å². The summed E-state index contributed by atoms with van der Waals surface area (Å²) in [6.45, 7) is 10.8. The van der Waals surface area contributed by atoms with Gasteiger partial charge in [0.25, 0.3) is 11.2 Å². The van der Waals surface area contributed by atoms with Gasteiger partial charge in [-0.3, -0.25) is 4.79 Å². The van der Waals surface area contributed by atoms with E-state index in [-0.39, 0.29) is 24.7 Å². The normalized spacial score (nSPS) is 11.3. The van der Waals surface area contributed by atoms with Crippen LogP contribution >= 0.6 is 0 Å². The Hall–Kier alpha value is -5.57. The zero-order valence-electron chi connectivity index (χ0n) is 23.0. The van der Waals surface area contributed by atoms with Gasteiger partial charge in [-0.2, -0.15) is 13.2 Å². The number of anilines is 1. The molecule has 9 nitrogen and oxygen atoms in total. The number of carbonyl (C=O) groups is 1. The van der Waals surface area contributed by atoms with Crippen LogP contribution in [0.3, 0.4) is 0 Å². The number of benzene rings is 2. The average Bonchev–Trinajstić information content (AvgIpc) is 3.39. The Morgan fingerprint density at radius 1 is 1.07 bits per heavy atom. The number of aromatic amines is 1. The molecule has 0 radical (unpaired) electrons. The topological polar surface area (TPSA) is 117 Å². The maximum atomic E-state index is 13.9. The minimum absolute atomic E-state index is 0.0345. The Morgan fingerprint density at radius 3 is 2.44 bits per heavy atom. The van der Waals surface area contributed by atoms with Crippen LogP contribution in [0.1, 0.15) is 34.2 Å². The van der Waals surface area contributed by atoms with Crippen LogP contribution in [0.2, 0.25) is 0 Å². The minimum atomic E-state index is -4.92. The highest BCUT2D eigenvalue weighted by Crippen LogP contribution is 2.38. The van der Waals surface area contributed by atoms with Gasteiger partial charge in [0.05, 0.1) is 25.3 Å². The summed E-state index contributed by atoms with van der Waals surface area (Å²) in [6.07, 6.45) is -4.92. The molecule has 5 aromatic rings. The lowest BCUT2D eigenvalue weighted by Crippen LogP contribution is -2.25. The van der Waals surface area contributed by atoms with Crippen LogP contribution in [0.5, 0.6) is 11.5 Å². The molecule has 0 fully saturated rings. The lowest BCUT2D eigenvalue weighted by atomic mass is 10.1. The molecule has 2 aromatic carbocycles. The SMILES string of the molecule is [C-]#[N+]c1c(C(F)(F)F)cc(-c2ccc(Oc3ccc4[nH]c(C(=O)OCC)cc4c3)cc2)n(Cc2ccc(N)nc2C)c1=O. The first-order valence-corrected chi connectivity index (χ1v) is 13.0. The highest BCUT2D eigenvalue weighted by molar-refractivity contribution is 5.95. The Labute approximate surface area is 243 Å². The summed E-state index contributed by atoms with van der Waals surface area (Å²) in [5.41, 5.74) is 4.66. The summed E-state index contributed by atoms with van der Waals surface area (Å²) in [7, 11) is 0. The van der Waals surface area contributed by atoms with Crippen molar-refractivity contribution in [3.8, 4) is 22.8 Å². The molecule has 5 rings (SSSR count). The van der Waals surface area contributed by atoms with Crippen molar-refractivity contribution in [2.45, 2.75) is 26.6 Å². The summed E-state index contributed by atoms with van der Waals surface area (Å²) >= 11 is 0. The van der Waals surface area contributed by atoms with E-state index in [1.807, 2.05) is 0 Å². The van der Waals surface area contributed by atoms with E-state index in [9.17, 15) is 22.8 Å². The van der Waals surface area contributed by atoms with E-state index in [0.29, 0.717) is 44.9 Å². The highest BCUT2D eigenvalue weighted by Gasteiger charge is 2.36. The van der Waals surface area contributed by atoms with E-state index < -0.39 is 29.0 Å². The van der Waals surface area contributed by atoms with Gasteiger partial charge in [-0.15, -0.1) is 0 Å². The van der Waals surface area contributed by atoms with Crippen molar-refractivity contribution < 1.29 is 27.4 Å². The number of nitrogens with one attached hydrogen (secondary N) is 1. The summed E-state index contributed by atoms with van der Waals surface area (Å²) in [5.74, 6) is 0.620. The summed E-state index contributed by atoms with van der Waals surface area (Å²) in [6, 6.07) is 17.0. The third-order valence-electron chi connectivity index (χ3n) is 6.71. The van der Waals surface area contributed by atoms with Crippen molar-refractivity contribution in [3.05, 3.63) is 111 Å².